The number of nitriles is 1. The number of rotatable bonds is 4. The quantitative estimate of drug-likeness (QED) is 0.543. The van der Waals surface area contributed by atoms with E-state index >= 15 is 0 Å². The van der Waals surface area contributed by atoms with Crippen LogP contribution in [0.1, 0.15) is 12.5 Å². The minimum atomic E-state index is -0.408. The SMILES string of the molecule is C[C@@H](Sc1n[nH]c2nc3ccccc3n12)C(=O)Nc1ccccc1C#N. The number of thioether (sulfide) groups is 1. The number of imidazole rings is 1. The van der Waals surface area contributed by atoms with Crippen LogP contribution in [0.4, 0.5) is 5.69 Å². The number of carbonyl (C=O) groups is 1. The van der Waals surface area contributed by atoms with Crippen LogP contribution in [-0.2, 0) is 4.79 Å². The minimum absolute atomic E-state index is 0.196. The van der Waals surface area contributed by atoms with E-state index in [1.54, 1.807) is 31.2 Å². The average Bonchev–Trinajstić information content (AvgIpc) is 3.22. The summed E-state index contributed by atoms with van der Waals surface area (Å²) in [7, 11) is 0. The van der Waals surface area contributed by atoms with E-state index < -0.39 is 5.25 Å². The monoisotopic (exact) mass is 362 g/mol. The molecule has 2 N–H and O–H groups in total. The van der Waals surface area contributed by atoms with Crippen LogP contribution < -0.4 is 5.32 Å². The van der Waals surface area contributed by atoms with Gasteiger partial charge in [0.1, 0.15) is 6.07 Å². The van der Waals surface area contributed by atoms with Gasteiger partial charge in [0.2, 0.25) is 11.7 Å². The van der Waals surface area contributed by atoms with Crippen molar-refractivity contribution in [2.24, 2.45) is 0 Å². The molecule has 26 heavy (non-hydrogen) atoms. The first-order valence-corrected chi connectivity index (χ1v) is 8.83. The molecule has 0 bridgehead atoms. The fraction of sp³-hybridized carbons (Fsp3) is 0.111. The molecule has 0 fully saturated rings. The molecule has 0 aliphatic carbocycles. The highest BCUT2D eigenvalue weighted by atomic mass is 32.2. The van der Waals surface area contributed by atoms with Gasteiger partial charge >= 0.3 is 0 Å². The van der Waals surface area contributed by atoms with E-state index in [0.29, 0.717) is 22.2 Å². The van der Waals surface area contributed by atoms with Crippen molar-refractivity contribution < 1.29 is 4.79 Å². The highest BCUT2D eigenvalue weighted by Crippen LogP contribution is 2.27. The lowest BCUT2D eigenvalue weighted by molar-refractivity contribution is -0.115. The zero-order chi connectivity index (χ0) is 18.1. The summed E-state index contributed by atoms with van der Waals surface area (Å²) in [6.07, 6.45) is 0. The number of aromatic nitrogens is 4. The van der Waals surface area contributed by atoms with Crippen molar-refractivity contribution in [1.29, 1.82) is 5.26 Å². The summed E-state index contributed by atoms with van der Waals surface area (Å²) < 4.78 is 1.90. The molecule has 2 aromatic heterocycles. The van der Waals surface area contributed by atoms with Crippen molar-refractivity contribution in [2.75, 3.05) is 5.32 Å². The molecule has 0 aliphatic rings. The predicted molar refractivity (Wildman–Crippen MR) is 99.9 cm³/mol. The number of benzene rings is 2. The number of fused-ring (bicyclic) bond motifs is 3. The number of anilines is 1. The molecule has 0 aliphatic heterocycles. The summed E-state index contributed by atoms with van der Waals surface area (Å²) in [6.45, 7) is 1.80. The van der Waals surface area contributed by atoms with Gasteiger partial charge in [-0.05, 0) is 31.2 Å². The van der Waals surface area contributed by atoms with E-state index in [1.165, 1.54) is 11.8 Å². The Labute approximate surface area is 153 Å². The highest BCUT2D eigenvalue weighted by Gasteiger charge is 2.20. The van der Waals surface area contributed by atoms with Crippen LogP contribution in [0, 0.1) is 11.3 Å². The lowest BCUT2D eigenvalue weighted by Gasteiger charge is -2.11. The fourth-order valence-electron chi connectivity index (χ4n) is 2.66. The van der Waals surface area contributed by atoms with Crippen molar-refractivity contribution in [2.45, 2.75) is 17.3 Å². The van der Waals surface area contributed by atoms with Crippen molar-refractivity contribution in [3.05, 3.63) is 54.1 Å². The van der Waals surface area contributed by atoms with Gasteiger partial charge in [-0.25, -0.2) is 10.1 Å². The lowest BCUT2D eigenvalue weighted by atomic mass is 10.2. The third-order valence-corrected chi connectivity index (χ3v) is 5.01. The molecule has 2 aromatic carbocycles. The van der Waals surface area contributed by atoms with Gasteiger partial charge in [-0.1, -0.05) is 36.0 Å². The molecular weight excluding hydrogens is 348 g/mol. The van der Waals surface area contributed by atoms with E-state index in [0.717, 1.165) is 11.0 Å². The number of carbonyl (C=O) groups excluding carboxylic acids is 1. The van der Waals surface area contributed by atoms with Gasteiger partial charge in [-0.15, -0.1) is 5.10 Å². The highest BCUT2D eigenvalue weighted by molar-refractivity contribution is 8.00. The maximum absolute atomic E-state index is 12.5. The van der Waals surface area contributed by atoms with Crippen molar-refractivity contribution in [3.63, 3.8) is 0 Å². The van der Waals surface area contributed by atoms with Gasteiger partial charge in [0, 0.05) is 0 Å². The van der Waals surface area contributed by atoms with Gasteiger partial charge in [-0.2, -0.15) is 5.26 Å². The number of H-pyrrole nitrogens is 1. The Morgan fingerprint density at radius 2 is 2.04 bits per heavy atom. The molecule has 0 saturated heterocycles. The Bertz CT molecular complexity index is 1160. The van der Waals surface area contributed by atoms with E-state index in [-0.39, 0.29) is 5.91 Å². The average molecular weight is 362 g/mol. The first-order chi connectivity index (χ1) is 12.7. The van der Waals surface area contributed by atoms with Crippen LogP contribution in [0.25, 0.3) is 16.8 Å². The normalized spacial score (nSPS) is 12.2. The molecular formula is C18H14N6OS. The number of aromatic amines is 1. The second-order valence-electron chi connectivity index (χ2n) is 5.67. The summed E-state index contributed by atoms with van der Waals surface area (Å²) in [5.74, 6) is 0.439. The van der Waals surface area contributed by atoms with Crippen molar-refractivity contribution in [3.8, 4) is 6.07 Å². The van der Waals surface area contributed by atoms with Crippen molar-refractivity contribution >= 4 is 40.2 Å². The zero-order valence-corrected chi connectivity index (χ0v) is 14.6. The van der Waals surface area contributed by atoms with E-state index in [4.69, 9.17) is 5.26 Å². The second-order valence-corrected chi connectivity index (χ2v) is 6.98. The first kappa shape index (κ1) is 16.2. The third kappa shape index (κ3) is 2.78. The zero-order valence-electron chi connectivity index (χ0n) is 13.8. The standard InChI is InChI=1S/C18H14N6OS/c1-11(16(25)20-13-7-3-2-6-12(13)10-19)26-18-23-22-17-21-14-8-4-5-9-15(14)24(17)18/h2-9,11H,1H3,(H,20,25)(H,21,22)/t11-/m1/s1. The van der Waals surface area contributed by atoms with Crippen LogP contribution in [-0.4, -0.2) is 30.7 Å². The van der Waals surface area contributed by atoms with Crippen LogP contribution in [0.15, 0.2) is 53.7 Å². The molecule has 0 radical (unpaired) electrons. The molecule has 128 valence electrons. The number of nitrogens with one attached hydrogen (secondary N) is 2. The topological polar surface area (TPSA) is 98.9 Å². The van der Waals surface area contributed by atoms with Gasteiger partial charge < -0.3 is 5.32 Å². The number of nitrogens with zero attached hydrogens (tertiary/aromatic N) is 4. The molecule has 8 heteroatoms. The number of hydrogen-bond donors (Lipinski definition) is 2. The van der Waals surface area contributed by atoms with Gasteiger partial charge in [0.15, 0.2) is 5.16 Å². The van der Waals surface area contributed by atoms with E-state index in [2.05, 4.69) is 26.6 Å². The summed E-state index contributed by atoms with van der Waals surface area (Å²) in [4.78, 5) is 17.0. The lowest BCUT2D eigenvalue weighted by Crippen LogP contribution is -2.23. The Morgan fingerprint density at radius 3 is 2.88 bits per heavy atom. The van der Waals surface area contributed by atoms with Crippen LogP contribution in [0.5, 0.6) is 0 Å². The molecule has 2 heterocycles. The molecule has 4 aromatic rings. The number of hydrogen-bond acceptors (Lipinski definition) is 5. The number of amides is 1. The molecule has 0 unspecified atom stereocenters. The minimum Gasteiger partial charge on any atom is -0.324 e. The second kappa shape index (κ2) is 6.54. The smallest absolute Gasteiger partial charge is 0.237 e. The van der Waals surface area contributed by atoms with Crippen molar-refractivity contribution in [1.82, 2.24) is 19.6 Å². The summed E-state index contributed by atoms with van der Waals surface area (Å²) in [5, 5.41) is 19.4. The van der Waals surface area contributed by atoms with Gasteiger partial charge in [0.05, 0.1) is 27.5 Å². The number of para-hydroxylation sites is 3. The van der Waals surface area contributed by atoms with Gasteiger partial charge in [0.25, 0.3) is 0 Å². The summed E-state index contributed by atoms with van der Waals surface area (Å²) in [5.41, 5.74) is 2.73. The Kier molecular flexibility index (Phi) is 4.07. The summed E-state index contributed by atoms with van der Waals surface area (Å²) in [6, 6.07) is 16.8. The maximum atomic E-state index is 12.5. The fourth-order valence-corrected chi connectivity index (χ4v) is 3.53. The molecule has 1 amide bonds. The molecule has 4 rings (SSSR count). The van der Waals surface area contributed by atoms with Crippen LogP contribution >= 0.6 is 11.8 Å². The van der Waals surface area contributed by atoms with E-state index in [9.17, 15) is 4.79 Å². The molecule has 0 saturated carbocycles. The molecule has 7 nitrogen and oxygen atoms in total. The van der Waals surface area contributed by atoms with Crippen LogP contribution in [0.2, 0.25) is 0 Å². The largest absolute Gasteiger partial charge is 0.324 e. The Morgan fingerprint density at radius 1 is 1.27 bits per heavy atom. The predicted octanol–water partition coefficient (Wildman–Crippen LogP) is 3.20. The third-order valence-electron chi connectivity index (χ3n) is 3.96. The Hall–Kier alpha value is -3.31. The Balaban J connectivity index is 1.58. The van der Waals surface area contributed by atoms with Crippen LogP contribution in [0.3, 0.4) is 0 Å². The maximum Gasteiger partial charge on any atom is 0.237 e. The van der Waals surface area contributed by atoms with E-state index in [1.807, 2.05) is 28.7 Å². The summed E-state index contributed by atoms with van der Waals surface area (Å²) >= 11 is 1.33. The van der Waals surface area contributed by atoms with Gasteiger partial charge in [-0.3, -0.25) is 9.20 Å². The first-order valence-electron chi connectivity index (χ1n) is 7.95. The molecule has 0 spiro atoms. The molecule has 1 atom stereocenters.